The number of rotatable bonds is 11. The van der Waals surface area contributed by atoms with E-state index in [1.807, 2.05) is 37.1 Å². The Balaban J connectivity index is 1.51. The molecule has 4 aromatic rings. The van der Waals surface area contributed by atoms with Crippen molar-refractivity contribution in [3.05, 3.63) is 59.8 Å². The van der Waals surface area contributed by atoms with Crippen LogP contribution < -0.4 is 16.0 Å². The minimum Gasteiger partial charge on any atom is -0.390 e. The number of imidazole rings is 1. The molecule has 0 aliphatic rings. The fraction of sp³-hybridized carbons (Fsp3) is 0.333. The van der Waals surface area contributed by atoms with Crippen LogP contribution in [0.25, 0.3) is 10.9 Å². The molecule has 0 bridgehead atoms. The summed E-state index contributed by atoms with van der Waals surface area (Å²) in [4.78, 5) is 32.1. The molecule has 1 aromatic carbocycles. The summed E-state index contributed by atoms with van der Waals surface area (Å²) >= 11 is 0. The first-order valence-corrected chi connectivity index (χ1v) is 11.7. The number of amides is 1. The Morgan fingerprint density at radius 3 is 2.95 bits per heavy atom. The zero-order valence-electron chi connectivity index (χ0n) is 21.0. The molecular formula is C24H31N11O2. The number of hydrogen-bond donors (Lipinski definition) is 4. The topological polar surface area (TPSA) is 166 Å². The number of pyridine rings is 1. The number of aryl methyl sites for hydroxylation is 1. The summed E-state index contributed by atoms with van der Waals surface area (Å²) in [6.45, 7) is 3.51. The molecule has 37 heavy (non-hydrogen) atoms. The molecule has 0 aliphatic carbocycles. The number of hydrogen-bond acceptors (Lipinski definition) is 9. The summed E-state index contributed by atoms with van der Waals surface area (Å²) in [7, 11) is 3.70. The number of anilines is 1. The first-order chi connectivity index (χ1) is 17.9. The van der Waals surface area contributed by atoms with Crippen LogP contribution >= 0.6 is 0 Å². The van der Waals surface area contributed by atoms with Crippen molar-refractivity contribution in [2.75, 3.05) is 32.1 Å². The van der Waals surface area contributed by atoms with Crippen molar-refractivity contribution in [3.63, 3.8) is 0 Å². The van der Waals surface area contributed by atoms with Gasteiger partial charge in [0, 0.05) is 50.9 Å². The van der Waals surface area contributed by atoms with Crippen molar-refractivity contribution in [3.8, 4) is 0 Å². The number of nitrogens with zero attached hydrogens (tertiary/aromatic N) is 8. The van der Waals surface area contributed by atoms with E-state index >= 15 is 0 Å². The second-order valence-electron chi connectivity index (χ2n) is 8.66. The lowest BCUT2D eigenvalue weighted by atomic mass is 10.1. The third kappa shape index (κ3) is 6.08. The molecule has 3 heterocycles. The molecule has 13 nitrogen and oxygen atoms in total. The van der Waals surface area contributed by atoms with Crippen molar-refractivity contribution < 1.29 is 9.90 Å². The van der Waals surface area contributed by atoms with E-state index in [2.05, 4.69) is 36.7 Å². The number of nitrogens with one attached hydrogen (secondary N) is 2. The zero-order chi connectivity index (χ0) is 26.4. The van der Waals surface area contributed by atoms with Gasteiger partial charge in [-0.2, -0.15) is 0 Å². The van der Waals surface area contributed by atoms with Gasteiger partial charge in [-0.25, -0.2) is 19.6 Å². The number of carbonyl (C=O) groups excluding carboxylic acids is 1. The molecule has 13 heteroatoms. The van der Waals surface area contributed by atoms with Gasteiger partial charge in [-0.15, -0.1) is 5.10 Å². The molecule has 0 saturated heterocycles. The molecule has 1 unspecified atom stereocenters. The lowest BCUT2D eigenvalue weighted by Crippen LogP contribution is -2.37. The molecule has 5 N–H and O–H groups in total. The Labute approximate surface area is 214 Å². The van der Waals surface area contributed by atoms with Crippen LogP contribution in [0.2, 0.25) is 0 Å². The second kappa shape index (κ2) is 11.6. The summed E-state index contributed by atoms with van der Waals surface area (Å²) in [6, 6.07) is 8.09. The molecule has 0 spiro atoms. The number of para-hydroxylation sites is 1. The monoisotopic (exact) mass is 505 g/mol. The van der Waals surface area contributed by atoms with Crippen molar-refractivity contribution in [1.82, 2.24) is 40.2 Å². The predicted octanol–water partition coefficient (Wildman–Crippen LogP) is 0.852. The van der Waals surface area contributed by atoms with Crippen molar-refractivity contribution in [2.24, 2.45) is 10.7 Å². The third-order valence-corrected chi connectivity index (χ3v) is 6.03. The van der Waals surface area contributed by atoms with Crippen LogP contribution in [0.3, 0.4) is 0 Å². The van der Waals surface area contributed by atoms with Crippen LogP contribution in [-0.4, -0.2) is 79.4 Å². The Morgan fingerprint density at radius 1 is 1.35 bits per heavy atom. The second-order valence-corrected chi connectivity index (χ2v) is 8.66. The molecule has 3 aromatic heterocycles. The maximum Gasteiger partial charge on any atom is 0.244 e. The normalized spacial score (nSPS) is 12.3. The fourth-order valence-corrected chi connectivity index (χ4v) is 3.93. The largest absolute Gasteiger partial charge is 0.390 e. The van der Waals surface area contributed by atoms with Gasteiger partial charge >= 0.3 is 0 Å². The van der Waals surface area contributed by atoms with E-state index in [9.17, 15) is 9.90 Å². The third-order valence-electron chi connectivity index (χ3n) is 6.03. The van der Waals surface area contributed by atoms with E-state index < -0.39 is 6.23 Å². The van der Waals surface area contributed by atoms with Gasteiger partial charge in [0.15, 0.2) is 5.82 Å². The summed E-state index contributed by atoms with van der Waals surface area (Å²) in [5.74, 6) is 0.996. The number of carbonyl (C=O) groups is 1. The number of aliphatic hydroxyl groups is 1. The SMILES string of the molecule is Cc1cccc2cc(CNC(O)c3[nH]cnc3N=CN)c(N(C)CCN(C)C(=O)Cn3ccnn3)nc12. The van der Waals surface area contributed by atoms with Gasteiger partial charge in [-0.1, -0.05) is 23.4 Å². The number of likely N-dealkylation sites (N-methyl/N-ethyl adjacent to an activating group) is 2. The van der Waals surface area contributed by atoms with Gasteiger partial charge in [-0.3, -0.25) is 10.1 Å². The van der Waals surface area contributed by atoms with Crippen molar-refractivity contribution >= 4 is 34.8 Å². The summed E-state index contributed by atoms with van der Waals surface area (Å²) < 4.78 is 1.50. The van der Waals surface area contributed by atoms with Gasteiger partial charge in [-0.05, 0) is 18.6 Å². The van der Waals surface area contributed by atoms with Crippen LogP contribution in [0.5, 0.6) is 0 Å². The molecule has 0 radical (unpaired) electrons. The van der Waals surface area contributed by atoms with E-state index in [0.717, 1.165) is 34.2 Å². The Hall–Kier alpha value is -4.36. The fourth-order valence-electron chi connectivity index (χ4n) is 3.93. The number of aromatic nitrogens is 6. The molecule has 0 fully saturated rings. The van der Waals surface area contributed by atoms with Crippen molar-refractivity contribution in [1.29, 1.82) is 0 Å². The highest BCUT2D eigenvalue weighted by Gasteiger charge is 2.18. The van der Waals surface area contributed by atoms with Crippen LogP contribution in [0.1, 0.15) is 23.0 Å². The van der Waals surface area contributed by atoms with Gasteiger partial charge in [0.1, 0.15) is 24.3 Å². The van der Waals surface area contributed by atoms with Crippen LogP contribution in [0, 0.1) is 6.92 Å². The average Bonchev–Trinajstić information content (AvgIpc) is 3.58. The average molecular weight is 506 g/mol. The zero-order valence-corrected chi connectivity index (χ0v) is 21.0. The van der Waals surface area contributed by atoms with E-state index in [0.29, 0.717) is 31.1 Å². The highest BCUT2D eigenvalue weighted by atomic mass is 16.3. The van der Waals surface area contributed by atoms with E-state index in [1.54, 1.807) is 24.3 Å². The minimum absolute atomic E-state index is 0.0678. The number of nitrogens with two attached hydrogens (primary N) is 1. The minimum atomic E-state index is -1.05. The number of H-pyrrole nitrogens is 1. The van der Waals surface area contributed by atoms with E-state index in [-0.39, 0.29) is 12.5 Å². The lowest BCUT2D eigenvalue weighted by Gasteiger charge is -2.26. The highest BCUT2D eigenvalue weighted by Crippen LogP contribution is 2.26. The summed E-state index contributed by atoms with van der Waals surface area (Å²) in [5.41, 5.74) is 8.64. The number of aromatic amines is 1. The maximum atomic E-state index is 12.5. The standard InChI is InChI=1S/C24H31N11O2/c1-16-5-4-6-17-11-18(12-26-24(37)21-22(27-14-25)29-15-28-21)23(31-20(16)17)34(3)10-9-33(2)19(36)13-35-8-7-30-32-35/h4-8,11,14-15,24,26,37H,9-10,12-13H2,1-3H3,(H2,25,27)(H,28,29). The highest BCUT2D eigenvalue weighted by molar-refractivity contribution is 5.84. The van der Waals surface area contributed by atoms with E-state index in [1.165, 1.54) is 11.0 Å². The predicted molar refractivity (Wildman–Crippen MR) is 140 cm³/mol. The Bertz CT molecular complexity index is 1370. The van der Waals surface area contributed by atoms with Gasteiger partial charge in [0.05, 0.1) is 24.4 Å². The molecular weight excluding hydrogens is 474 g/mol. The molecule has 0 aliphatic heterocycles. The maximum absolute atomic E-state index is 12.5. The smallest absolute Gasteiger partial charge is 0.244 e. The number of aliphatic imine (C=N–C) groups is 1. The van der Waals surface area contributed by atoms with Crippen LogP contribution in [0.4, 0.5) is 11.6 Å². The van der Waals surface area contributed by atoms with Gasteiger partial charge in [0.2, 0.25) is 5.91 Å². The summed E-state index contributed by atoms with van der Waals surface area (Å²) in [5, 5.41) is 22.4. The van der Waals surface area contributed by atoms with Gasteiger partial charge < -0.3 is 25.6 Å². The molecule has 0 saturated carbocycles. The van der Waals surface area contributed by atoms with E-state index in [4.69, 9.17) is 10.7 Å². The Kier molecular flexibility index (Phi) is 8.05. The molecule has 194 valence electrons. The number of benzene rings is 1. The molecule has 1 amide bonds. The number of aliphatic hydroxyl groups excluding tert-OH is 1. The van der Waals surface area contributed by atoms with Gasteiger partial charge in [0.25, 0.3) is 0 Å². The molecule has 4 rings (SSSR count). The number of fused-ring (bicyclic) bond motifs is 1. The van der Waals surface area contributed by atoms with Crippen LogP contribution in [0.15, 0.2) is 48.0 Å². The summed E-state index contributed by atoms with van der Waals surface area (Å²) in [6.07, 6.45) is 4.72. The quantitative estimate of drug-likeness (QED) is 0.131. The first kappa shape index (κ1) is 25.7. The Morgan fingerprint density at radius 2 is 2.19 bits per heavy atom. The molecule has 1 atom stereocenters. The lowest BCUT2D eigenvalue weighted by molar-refractivity contribution is -0.130. The van der Waals surface area contributed by atoms with Crippen LogP contribution in [-0.2, 0) is 17.9 Å². The van der Waals surface area contributed by atoms with Crippen molar-refractivity contribution in [2.45, 2.75) is 26.2 Å². The first-order valence-electron chi connectivity index (χ1n) is 11.7.